The van der Waals surface area contributed by atoms with Crippen LogP contribution in [0.2, 0.25) is 0 Å². The largest absolute Gasteiger partial charge is 0.507 e. The van der Waals surface area contributed by atoms with E-state index in [-0.39, 0.29) is 11.3 Å². The second-order valence-electron chi connectivity index (χ2n) is 8.44. The van der Waals surface area contributed by atoms with E-state index in [2.05, 4.69) is 16.9 Å². The first-order valence-corrected chi connectivity index (χ1v) is 11.5. The fourth-order valence-corrected chi connectivity index (χ4v) is 4.53. The predicted octanol–water partition coefficient (Wildman–Crippen LogP) is 5.53. The molecule has 1 aliphatic heterocycles. The molecule has 2 aromatic carbocycles. The number of fused-ring (bicyclic) bond motifs is 1. The van der Waals surface area contributed by atoms with Gasteiger partial charge in [0.05, 0.1) is 11.3 Å². The first-order valence-electron chi connectivity index (χ1n) is 11.5. The molecular formula is C28H25N3O3. The van der Waals surface area contributed by atoms with Gasteiger partial charge in [0.1, 0.15) is 11.8 Å². The van der Waals surface area contributed by atoms with E-state index >= 15 is 0 Å². The topological polar surface area (TPSA) is 86.3 Å². The van der Waals surface area contributed by atoms with Gasteiger partial charge in [-0.3, -0.25) is 19.5 Å². The van der Waals surface area contributed by atoms with Crippen LogP contribution in [0.1, 0.15) is 42.6 Å². The minimum Gasteiger partial charge on any atom is -0.507 e. The summed E-state index contributed by atoms with van der Waals surface area (Å²) in [6.45, 7) is 2.15. The van der Waals surface area contributed by atoms with Crippen LogP contribution in [0.4, 0.5) is 5.69 Å². The van der Waals surface area contributed by atoms with Crippen molar-refractivity contribution in [2.75, 3.05) is 4.90 Å². The number of unbranched alkanes of at least 4 members (excludes halogenated alkanes) is 1. The summed E-state index contributed by atoms with van der Waals surface area (Å²) in [6, 6.07) is 19.7. The van der Waals surface area contributed by atoms with Gasteiger partial charge in [0.15, 0.2) is 0 Å². The van der Waals surface area contributed by atoms with E-state index in [1.165, 1.54) is 10.5 Å². The Morgan fingerprint density at radius 1 is 1.03 bits per heavy atom. The van der Waals surface area contributed by atoms with E-state index in [9.17, 15) is 14.7 Å². The van der Waals surface area contributed by atoms with Gasteiger partial charge in [0, 0.05) is 34.5 Å². The maximum Gasteiger partial charge on any atom is 0.300 e. The number of para-hydroxylation sites is 1. The van der Waals surface area contributed by atoms with Crippen molar-refractivity contribution in [3.8, 4) is 0 Å². The molecule has 2 aromatic heterocycles. The highest BCUT2D eigenvalue weighted by Gasteiger charge is 2.47. The summed E-state index contributed by atoms with van der Waals surface area (Å²) in [6.07, 6.45) is 6.42. The fraction of sp³-hybridized carbons (Fsp3) is 0.179. The highest BCUT2D eigenvalue weighted by Crippen LogP contribution is 2.42. The lowest BCUT2D eigenvalue weighted by Crippen LogP contribution is -2.29. The highest BCUT2D eigenvalue weighted by atomic mass is 16.3. The molecule has 0 aliphatic carbocycles. The van der Waals surface area contributed by atoms with E-state index in [0.717, 1.165) is 30.2 Å². The molecule has 3 heterocycles. The van der Waals surface area contributed by atoms with Gasteiger partial charge in [-0.1, -0.05) is 49.7 Å². The summed E-state index contributed by atoms with van der Waals surface area (Å²) in [5, 5.41) is 12.1. The minimum absolute atomic E-state index is 0.0310. The first kappa shape index (κ1) is 21.6. The van der Waals surface area contributed by atoms with E-state index in [4.69, 9.17) is 0 Å². The van der Waals surface area contributed by atoms with Gasteiger partial charge in [-0.05, 0) is 48.7 Å². The number of aliphatic hydroxyl groups excluding tert-OH is 1. The predicted molar refractivity (Wildman–Crippen MR) is 132 cm³/mol. The second kappa shape index (κ2) is 8.98. The second-order valence-corrected chi connectivity index (χ2v) is 8.44. The van der Waals surface area contributed by atoms with Crippen molar-refractivity contribution in [2.45, 2.75) is 32.2 Å². The van der Waals surface area contributed by atoms with Crippen LogP contribution in [0, 0.1) is 0 Å². The molecule has 1 atom stereocenters. The number of carbonyl (C=O) groups is 2. The molecule has 4 aromatic rings. The number of pyridine rings is 1. The number of aromatic nitrogens is 2. The number of benzene rings is 2. The standard InChI is InChI=1S/C28H25N3O3/c1-2-3-8-18-12-14-19(15-13-18)31-25(23-11-6-7-16-29-23)24(27(33)28(31)34)26(32)21-17-30-22-10-5-4-9-20(21)22/h4-7,9-17,25,30,32H,2-3,8H2,1H3/b26-24-. The molecule has 1 saturated heterocycles. The molecule has 6 heteroatoms. The third-order valence-corrected chi connectivity index (χ3v) is 6.29. The molecule has 0 saturated carbocycles. The van der Waals surface area contributed by atoms with E-state index in [1.54, 1.807) is 24.5 Å². The van der Waals surface area contributed by atoms with Gasteiger partial charge in [-0.15, -0.1) is 0 Å². The maximum absolute atomic E-state index is 13.3. The Balaban J connectivity index is 1.66. The van der Waals surface area contributed by atoms with Crippen molar-refractivity contribution in [1.29, 1.82) is 0 Å². The van der Waals surface area contributed by atoms with Gasteiger partial charge >= 0.3 is 0 Å². The molecule has 0 radical (unpaired) electrons. The number of hydrogen-bond donors (Lipinski definition) is 2. The van der Waals surface area contributed by atoms with Gasteiger partial charge in [-0.2, -0.15) is 0 Å². The number of aromatic amines is 1. The monoisotopic (exact) mass is 451 g/mol. The lowest BCUT2D eigenvalue weighted by Gasteiger charge is -2.24. The zero-order chi connectivity index (χ0) is 23.7. The molecule has 0 bridgehead atoms. The number of hydrogen-bond acceptors (Lipinski definition) is 4. The summed E-state index contributed by atoms with van der Waals surface area (Å²) in [5.74, 6) is -1.62. The van der Waals surface area contributed by atoms with Crippen LogP contribution in [-0.4, -0.2) is 26.8 Å². The highest BCUT2D eigenvalue weighted by molar-refractivity contribution is 6.51. The minimum atomic E-state index is -0.837. The summed E-state index contributed by atoms with van der Waals surface area (Å²) in [5.41, 5.74) is 3.62. The van der Waals surface area contributed by atoms with Crippen molar-refractivity contribution in [3.63, 3.8) is 0 Å². The molecule has 170 valence electrons. The molecule has 1 fully saturated rings. The third-order valence-electron chi connectivity index (χ3n) is 6.29. The smallest absolute Gasteiger partial charge is 0.300 e. The zero-order valence-electron chi connectivity index (χ0n) is 18.9. The number of H-pyrrole nitrogens is 1. The molecule has 1 aliphatic rings. The molecule has 6 nitrogen and oxygen atoms in total. The van der Waals surface area contributed by atoms with Crippen molar-refractivity contribution in [2.24, 2.45) is 0 Å². The Bertz CT molecular complexity index is 1390. The van der Waals surface area contributed by atoms with Gasteiger partial charge in [0.2, 0.25) is 0 Å². The van der Waals surface area contributed by atoms with Crippen LogP contribution in [0.5, 0.6) is 0 Å². The Labute approximate surface area is 197 Å². The van der Waals surface area contributed by atoms with E-state index in [1.807, 2.05) is 54.6 Å². The number of aryl methyl sites for hydroxylation is 1. The molecular weight excluding hydrogens is 426 g/mol. The van der Waals surface area contributed by atoms with Crippen LogP contribution in [-0.2, 0) is 16.0 Å². The molecule has 5 rings (SSSR count). The summed E-state index contributed by atoms with van der Waals surface area (Å²) >= 11 is 0. The van der Waals surface area contributed by atoms with Crippen LogP contribution in [0.3, 0.4) is 0 Å². The number of aliphatic hydroxyl groups is 1. The lowest BCUT2D eigenvalue weighted by molar-refractivity contribution is -0.132. The number of amides is 1. The van der Waals surface area contributed by atoms with Crippen LogP contribution >= 0.6 is 0 Å². The van der Waals surface area contributed by atoms with E-state index < -0.39 is 17.7 Å². The van der Waals surface area contributed by atoms with Gasteiger partial charge in [-0.25, -0.2) is 0 Å². The molecule has 1 amide bonds. The Kier molecular flexibility index (Phi) is 5.72. The Morgan fingerprint density at radius 3 is 2.53 bits per heavy atom. The maximum atomic E-state index is 13.3. The third kappa shape index (κ3) is 3.67. The quantitative estimate of drug-likeness (QED) is 0.229. The number of carbonyl (C=O) groups excluding carboxylic acids is 2. The molecule has 1 unspecified atom stereocenters. The summed E-state index contributed by atoms with van der Waals surface area (Å²) in [7, 11) is 0. The van der Waals surface area contributed by atoms with Crippen molar-refractivity contribution in [3.05, 3.63) is 102 Å². The lowest BCUT2D eigenvalue weighted by atomic mass is 9.98. The number of nitrogens with zero attached hydrogens (tertiary/aromatic N) is 2. The van der Waals surface area contributed by atoms with Crippen LogP contribution in [0.15, 0.2) is 84.7 Å². The normalized spacial score (nSPS) is 17.6. The van der Waals surface area contributed by atoms with E-state index in [0.29, 0.717) is 16.9 Å². The van der Waals surface area contributed by atoms with Crippen LogP contribution in [0.25, 0.3) is 16.7 Å². The molecule has 2 N–H and O–H groups in total. The van der Waals surface area contributed by atoms with Crippen molar-refractivity contribution in [1.82, 2.24) is 9.97 Å². The van der Waals surface area contributed by atoms with Gasteiger partial charge in [0.25, 0.3) is 11.7 Å². The zero-order valence-corrected chi connectivity index (χ0v) is 18.9. The average molecular weight is 452 g/mol. The number of nitrogens with one attached hydrogen (secondary N) is 1. The Morgan fingerprint density at radius 2 is 1.79 bits per heavy atom. The first-order chi connectivity index (χ1) is 16.6. The number of rotatable bonds is 6. The number of anilines is 1. The average Bonchev–Trinajstić information content (AvgIpc) is 3.42. The number of Topliss-reactive ketones (excluding diaryl/α,β-unsaturated/α-hetero) is 1. The fourth-order valence-electron chi connectivity index (χ4n) is 4.53. The van der Waals surface area contributed by atoms with Crippen molar-refractivity contribution >= 4 is 34.0 Å². The van der Waals surface area contributed by atoms with Gasteiger partial charge < -0.3 is 10.1 Å². The molecule has 34 heavy (non-hydrogen) atoms. The SMILES string of the molecule is CCCCc1ccc(N2C(=O)C(=O)/C(=C(\O)c3c[nH]c4ccccc34)C2c2ccccn2)cc1. The number of ketones is 1. The molecule has 0 spiro atoms. The summed E-state index contributed by atoms with van der Waals surface area (Å²) in [4.78, 5) is 35.6. The van der Waals surface area contributed by atoms with Crippen LogP contribution < -0.4 is 4.90 Å². The summed E-state index contributed by atoms with van der Waals surface area (Å²) < 4.78 is 0. The van der Waals surface area contributed by atoms with Crippen molar-refractivity contribution < 1.29 is 14.7 Å². The Hall–Kier alpha value is -4.19.